The minimum absolute atomic E-state index is 0.00796. The Balaban J connectivity index is 2.00. The number of aliphatic hydroxyl groups excluding tert-OH is 1. The molecule has 4 nitrogen and oxygen atoms in total. The van der Waals surface area contributed by atoms with Crippen molar-refractivity contribution in [2.24, 2.45) is 0 Å². The molecule has 2 rings (SSSR count). The van der Waals surface area contributed by atoms with Gasteiger partial charge in [0.25, 0.3) is 5.91 Å². The van der Waals surface area contributed by atoms with Gasteiger partial charge in [-0.3, -0.25) is 4.79 Å². The van der Waals surface area contributed by atoms with Crippen molar-refractivity contribution in [2.75, 3.05) is 6.61 Å². The Morgan fingerprint density at radius 3 is 2.89 bits per heavy atom. The van der Waals surface area contributed by atoms with Crippen LogP contribution in [0.25, 0.3) is 0 Å². The van der Waals surface area contributed by atoms with Crippen LogP contribution in [-0.4, -0.2) is 23.7 Å². The third-order valence-electron chi connectivity index (χ3n) is 2.78. The highest BCUT2D eigenvalue weighted by molar-refractivity contribution is 9.10. The van der Waals surface area contributed by atoms with Crippen LogP contribution in [0.4, 0.5) is 0 Å². The molecule has 0 heterocycles. The maximum absolute atomic E-state index is 11.5. The number of aliphatic hydroxyl groups is 1. The van der Waals surface area contributed by atoms with E-state index < -0.39 is 0 Å². The summed E-state index contributed by atoms with van der Waals surface area (Å²) in [7, 11) is 0. The Labute approximate surface area is 114 Å². The highest BCUT2D eigenvalue weighted by atomic mass is 79.9. The summed E-state index contributed by atoms with van der Waals surface area (Å²) in [5.74, 6) is 0.482. The average molecular weight is 314 g/mol. The van der Waals surface area contributed by atoms with Crippen LogP contribution < -0.4 is 10.1 Å². The summed E-state index contributed by atoms with van der Waals surface area (Å²) in [6.07, 6.45) is 2.12. The maximum atomic E-state index is 11.5. The van der Waals surface area contributed by atoms with Crippen molar-refractivity contribution in [1.82, 2.24) is 5.32 Å². The van der Waals surface area contributed by atoms with Gasteiger partial charge in [0.1, 0.15) is 5.75 Å². The van der Waals surface area contributed by atoms with E-state index in [1.807, 2.05) is 13.0 Å². The summed E-state index contributed by atoms with van der Waals surface area (Å²) in [5, 5.41) is 12.1. The van der Waals surface area contributed by atoms with Crippen LogP contribution in [0.5, 0.6) is 5.75 Å². The fraction of sp³-hybridized carbons (Fsp3) is 0.462. The summed E-state index contributed by atoms with van der Waals surface area (Å²) in [4.78, 5) is 11.5. The predicted octanol–water partition coefficient (Wildman–Crippen LogP) is 1.91. The molecular weight excluding hydrogens is 298 g/mol. The summed E-state index contributed by atoms with van der Waals surface area (Å²) in [5.41, 5.74) is 1.58. The van der Waals surface area contributed by atoms with Crippen LogP contribution >= 0.6 is 15.9 Å². The second-order valence-electron chi connectivity index (χ2n) is 4.50. The molecular formula is C13H16BrNO3. The first-order valence-corrected chi connectivity index (χ1v) is 6.71. The van der Waals surface area contributed by atoms with Crippen molar-refractivity contribution < 1.29 is 14.6 Å². The largest absolute Gasteiger partial charge is 0.483 e. The van der Waals surface area contributed by atoms with Gasteiger partial charge in [-0.05, 0) is 37.5 Å². The monoisotopic (exact) mass is 313 g/mol. The normalized spacial score (nSPS) is 14.4. The molecule has 1 aromatic carbocycles. The molecule has 0 aromatic heterocycles. The van der Waals surface area contributed by atoms with E-state index in [-0.39, 0.29) is 19.1 Å². The second-order valence-corrected chi connectivity index (χ2v) is 5.42. The Bertz CT molecular complexity index is 458. The highest BCUT2D eigenvalue weighted by Crippen LogP contribution is 2.28. The van der Waals surface area contributed by atoms with Gasteiger partial charge >= 0.3 is 0 Å². The fourth-order valence-corrected chi connectivity index (χ4v) is 2.38. The third kappa shape index (κ3) is 3.46. The molecule has 0 bridgehead atoms. The molecule has 0 radical (unpaired) electrons. The summed E-state index contributed by atoms with van der Waals surface area (Å²) >= 11 is 3.36. The molecule has 0 aliphatic heterocycles. The maximum Gasteiger partial charge on any atom is 0.258 e. The molecule has 5 heteroatoms. The number of hydrogen-bond donors (Lipinski definition) is 2. The molecule has 0 saturated heterocycles. The third-order valence-corrected chi connectivity index (χ3v) is 3.23. The smallest absolute Gasteiger partial charge is 0.258 e. The number of carbonyl (C=O) groups is 1. The zero-order valence-electron chi connectivity index (χ0n) is 10.2. The number of rotatable bonds is 5. The first-order valence-electron chi connectivity index (χ1n) is 5.92. The summed E-state index contributed by atoms with van der Waals surface area (Å²) in [6, 6.07) is 4.03. The van der Waals surface area contributed by atoms with Gasteiger partial charge in [-0.1, -0.05) is 15.9 Å². The van der Waals surface area contributed by atoms with Crippen LogP contribution in [0.3, 0.4) is 0 Å². The number of nitrogens with one attached hydrogen (secondary N) is 1. The van der Waals surface area contributed by atoms with Crippen molar-refractivity contribution in [3.8, 4) is 5.75 Å². The van der Waals surface area contributed by atoms with Crippen LogP contribution in [0.1, 0.15) is 24.0 Å². The molecule has 0 unspecified atom stereocenters. The quantitative estimate of drug-likeness (QED) is 0.873. The number of halogens is 1. The van der Waals surface area contributed by atoms with Gasteiger partial charge in [0, 0.05) is 16.1 Å². The first kappa shape index (κ1) is 13.4. The lowest BCUT2D eigenvalue weighted by molar-refractivity contribution is -0.123. The summed E-state index contributed by atoms with van der Waals surface area (Å²) < 4.78 is 6.40. The van der Waals surface area contributed by atoms with E-state index >= 15 is 0 Å². The lowest BCUT2D eigenvalue weighted by Crippen LogP contribution is -2.30. The number of aryl methyl sites for hydroxylation is 1. The Morgan fingerprint density at radius 2 is 2.28 bits per heavy atom. The van der Waals surface area contributed by atoms with Crippen molar-refractivity contribution in [2.45, 2.75) is 32.4 Å². The van der Waals surface area contributed by atoms with E-state index in [9.17, 15) is 9.90 Å². The van der Waals surface area contributed by atoms with Gasteiger partial charge in [-0.2, -0.15) is 0 Å². The Hall–Kier alpha value is -1.07. The molecule has 1 aromatic rings. The zero-order chi connectivity index (χ0) is 13.1. The van der Waals surface area contributed by atoms with Gasteiger partial charge in [-0.15, -0.1) is 0 Å². The van der Waals surface area contributed by atoms with Crippen molar-refractivity contribution in [3.05, 3.63) is 27.7 Å². The van der Waals surface area contributed by atoms with Crippen LogP contribution in [0.2, 0.25) is 0 Å². The number of carbonyl (C=O) groups excluding carboxylic acids is 1. The average Bonchev–Trinajstić information content (AvgIpc) is 3.10. The van der Waals surface area contributed by atoms with Crippen LogP contribution in [0, 0.1) is 6.92 Å². The molecule has 98 valence electrons. The lowest BCUT2D eigenvalue weighted by Gasteiger charge is -2.13. The standard InChI is InChI=1S/C13H16BrNO3/c1-8-4-10(14)5-9(6-16)13(8)18-7-12(17)15-11-2-3-11/h4-5,11,16H,2-3,6-7H2,1H3,(H,15,17). The molecule has 0 atom stereocenters. The van der Waals surface area contributed by atoms with Crippen molar-refractivity contribution >= 4 is 21.8 Å². The van der Waals surface area contributed by atoms with E-state index in [1.165, 1.54) is 0 Å². The van der Waals surface area contributed by atoms with Gasteiger partial charge < -0.3 is 15.2 Å². The molecule has 1 saturated carbocycles. The number of benzene rings is 1. The Kier molecular flexibility index (Phi) is 4.24. The molecule has 1 amide bonds. The number of amides is 1. The number of hydrogen-bond acceptors (Lipinski definition) is 3. The molecule has 1 fully saturated rings. The molecule has 1 aliphatic rings. The van der Waals surface area contributed by atoms with Gasteiger partial charge in [0.2, 0.25) is 0 Å². The lowest BCUT2D eigenvalue weighted by atomic mass is 10.1. The van der Waals surface area contributed by atoms with Crippen molar-refractivity contribution in [1.29, 1.82) is 0 Å². The molecule has 0 spiro atoms. The van der Waals surface area contributed by atoms with Gasteiger partial charge in [-0.25, -0.2) is 0 Å². The molecule has 2 N–H and O–H groups in total. The van der Waals surface area contributed by atoms with E-state index in [1.54, 1.807) is 6.07 Å². The van der Waals surface area contributed by atoms with E-state index in [2.05, 4.69) is 21.2 Å². The van der Waals surface area contributed by atoms with E-state index in [0.717, 1.165) is 22.9 Å². The van der Waals surface area contributed by atoms with Gasteiger partial charge in [0.05, 0.1) is 6.61 Å². The first-order chi connectivity index (χ1) is 8.60. The zero-order valence-corrected chi connectivity index (χ0v) is 11.8. The van der Waals surface area contributed by atoms with E-state index in [4.69, 9.17) is 4.74 Å². The minimum Gasteiger partial charge on any atom is -0.483 e. The molecule has 1 aliphatic carbocycles. The Morgan fingerprint density at radius 1 is 1.56 bits per heavy atom. The fourth-order valence-electron chi connectivity index (χ4n) is 1.76. The predicted molar refractivity (Wildman–Crippen MR) is 71.5 cm³/mol. The van der Waals surface area contributed by atoms with Crippen LogP contribution in [0.15, 0.2) is 16.6 Å². The summed E-state index contributed by atoms with van der Waals surface area (Å²) in [6.45, 7) is 1.77. The SMILES string of the molecule is Cc1cc(Br)cc(CO)c1OCC(=O)NC1CC1. The van der Waals surface area contributed by atoms with E-state index in [0.29, 0.717) is 17.4 Å². The highest BCUT2D eigenvalue weighted by Gasteiger charge is 2.23. The topological polar surface area (TPSA) is 58.6 Å². The number of ether oxygens (including phenoxy) is 1. The van der Waals surface area contributed by atoms with Crippen molar-refractivity contribution in [3.63, 3.8) is 0 Å². The second kappa shape index (κ2) is 5.71. The van der Waals surface area contributed by atoms with Crippen LogP contribution in [-0.2, 0) is 11.4 Å². The molecule has 18 heavy (non-hydrogen) atoms. The minimum atomic E-state index is -0.111. The van der Waals surface area contributed by atoms with Gasteiger partial charge in [0.15, 0.2) is 6.61 Å².